The molecule has 1 aromatic rings. The van der Waals surface area contributed by atoms with Crippen molar-refractivity contribution >= 4 is 6.03 Å². The van der Waals surface area contributed by atoms with Gasteiger partial charge in [0.1, 0.15) is 0 Å². The zero-order chi connectivity index (χ0) is 11.1. The number of carbonyl (C=O) groups excluding carboxylic acids is 1. The van der Waals surface area contributed by atoms with Crippen LogP contribution in [0.5, 0.6) is 0 Å². The highest BCUT2D eigenvalue weighted by Crippen LogP contribution is 2.01. The van der Waals surface area contributed by atoms with Gasteiger partial charge in [0.05, 0.1) is 0 Å². The lowest BCUT2D eigenvalue weighted by Gasteiger charge is -2.05. The lowest BCUT2D eigenvalue weighted by atomic mass is 10.1. The van der Waals surface area contributed by atoms with Gasteiger partial charge in [0, 0.05) is 19.6 Å². The molecule has 0 spiro atoms. The Balaban J connectivity index is 2.15. The Labute approximate surface area is 89.9 Å². The number of nitrogens with one attached hydrogen (secondary N) is 2. The number of rotatable bonds is 5. The summed E-state index contributed by atoms with van der Waals surface area (Å²) in [6, 6.07) is 7.86. The van der Waals surface area contributed by atoms with Crippen LogP contribution in [-0.4, -0.2) is 19.1 Å². The monoisotopic (exact) mass is 207 g/mol. The summed E-state index contributed by atoms with van der Waals surface area (Å²) in [7, 11) is 0. The van der Waals surface area contributed by atoms with Crippen molar-refractivity contribution in [1.29, 1.82) is 0 Å². The fourth-order valence-electron chi connectivity index (χ4n) is 1.21. The van der Waals surface area contributed by atoms with E-state index in [-0.39, 0.29) is 0 Å². The smallest absolute Gasteiger partial charge is 0.312 e. The Morgan fingerprint density at radius 2 is 1.93 bits per heavy atom. The lowest BCUT2D eigenvalue weighted by Crippen LogP contribution is -2.35. The predicted octanol–water partition coefficient (Wildman–Crippen LogP) is 0.753. The second kappa shape index (κ2) is 6.03. The molecular formula is C11H17N3O. The fraction of sp³-hybridized carbons (Fsp3) is 0.364. The zero-order valence-electron chi connectivity index (χ0n) is 8.92. The van der Waals surface area contributed by atoms with Gasteiger partial charge < -0.3 is 16.4 Å². The minimum atomic E-state index is -0.480. The van der Waals surface area contributed by atoms with Gasteiger partial charge in [-0.15, -0.1) is 0 Å². The molecule has 15 heavy (non-hydrogen) atoms. The fourth-order valence-corrected chi connectivity index (χ4v) is 1.21. The van der Waals surface area contributed by atoms with E-state index in [2.05, 4.69) is 41.8 Å². The maximum atomic E-state index is 10.4. The summed E-state index contributed by atoms with van der Waals surface area (Å²) >= 11 is 0. The normalized spacial score (nSPS) is 9.93. The maximum absolute atomic E-state index is 10.4. The molecule has 0 atom stereocenters. The van der Waals surface area contributed by atoms with Crippen LogP contribution < -0.4 is 16.4 Å². The molecule has 1 aromatic carbocycles. The van der Waals surface area contributed by atoms with Gasteiger partial charge in [-0.1, -0.05) is 29.8 Å². The number of primary amides is 1. The SMILES string of the molecule is Cc1ccc(CNCCNC(N)=O)cc1. The molecule has 2 amide bonds. The van der Waals surface area contributed by atoms with Crippen LogP contribution >= 0.6 is 0 Å². The number of hydrogen-bond acceptors (Lipinski definition) is 2. The van der Waals surface area contributed by atoms with E-state index in [0.29, 0.717) is 6.54 Å². The quantitative estimate of drug-likeness (QED) is 0.624. The standard InChI is InChI=1S/C11H17N3O/c1-9-2-4-10(5-3-9)8-13-6-7-14-11(12)15/h2-5,13H,6-8H2,1H3,(H3,12,14,15). The van der Waals surface area contributed by atoms with E-state index < -0.39 is 6.03 Å². The van der Waals surface area contributed by atoms with Gasteiger partial charge in [-0.25, -0.2) is 4.79 Å². The molecule has 1 rings (SSSR count). The molecule has 0 fully saturated rings. The molecule has 4 N–H and O–H groups in total. The number of nitrogens with two attached hydrogens (primary N) is 1. The van der Waals surface area contributed by atoms with Crippen molar-refractivity contribution in [2.24, 2.45) is 5.73 Å². The molecule has 0 aliphatic carbocycles. The van der Waals surface area contributed by atoms with Crippen LogP contribution in [0.25, 0.3) is 0 Å². The van der Waals surface area contributed by atoms with Crippen LogP contribution in [0, 0.1) is 6.92 Å². The first-order valence-electron chi connectivity index (χ1n) is 4.98. The number of aryl methyl sites for hydroxylation is 1. The molecule has 0 bridgehead atoms. The lowest BCUT2D eigenvalue weighted by molar-refractivity contribution is 0.249. The van der Waals surface area contributed by atoms with Crippen LogP contribution in [-0.2, 0) is 6.54 Å². The third kappa shape index (κ3) is 5.02. The predicted molar refractivity (Wildman–Crippen MR) is 60.5 cm³/mol. The molecule has 0 saturated carbocycles. The highest BCUT2D eigenvalue weighted by atomic mass is 16.2. The Morgan fingerprint density at radius 3 is 2.53 bits per heavy atom. The van der Waals surface area contributed by atoms with Crippen molar-refractivity contribution in [2.75, 3.05) is 13.1 Å². The van der Waals surface area contributed by atoms with Crippen LogP contribution in [0.15, 0.2) is 24.3 Å². The first-order chi connectivity index (χ1) is 7.18. The third-order valence-electron chi connectivity index (χ3n) is 2.05. The van der Waals surface area contributed by atoms with Crippen molar-refractivity contribution in [2.45, 2.75) is 13.5 Å². The largest absolute Gasteiger partial charge is 0.352 e. The average molecular weight is 207 g/mol. The molecule has 0 heterocycles. The highest BCUT2D eigenvalue weighted by molar-refractivity contribution is 5.71. The summed E-state index contributed by atoms with van der Waals surface area (Å²) in [4.78, 5) is 10.4. The Hall–Kier alpha value is -1.55. The van der Waals surface area contributed by atoms with Gasteiger partial charge in [-0.3, -0.25) is 0 Å². The van der Waals surface area contributed by atoms with E-state index in [1.807, 2.05) is 0 Å². The van der Waals surface area contributed by atoms with E-state index in [0.717, 1.165) is 13.1 Å². The Kier molecular flexibility index (Phi) is 4.63. The van der Waals surface area contributed by atoms with E-state index in [1.54, 1.807) is 0 Å². The minimum absolute atomic E-state index is 0.480. The van der Waals surface area contributed by atoms with Crippen molar-refractivity contribution in [1.82, 2.24) is 10.6 Å². The van der Waals surface area contributed by atoms with Gasteiger partial charge in [-0.05, 0) is 12.5 Å². The topological polar surface area (TPSA) is 67.2 Å². The van der Waals surface area contributed by atoms with Gasteiger partial charge in [0.15, 0.2) is 0 Å². The van der Waals surface area contributed by atoms with Crippen molar-refractivity contribution in [3.63, 3.8) is 0 Å². The molecular weight excluding hydrogens is 190 g/mol. The second-order valence-corrected chi connectivity index (χ2v) is 3.45. The summed E-state index contributed by atoms with van der Waals surface area (Å²) in [5, 5.41) is 5.72. The number of hydrogen-bond donors (Lipinski definition) is 3. The van der Waals surface area contributed by atoms with Crippen LogP contribution in [0.2, 0.25) is 0 Å². The molecule has 4 heteroatoms. The highest BCUT2D eigenvalue weighted by Gasteiger charge is 1.93. The Morgan fingerprint density at radius 1 is 1.27 bits per heavy atom. The minimum Gasteiger partial charge on any atom is -0.352 e. The number of benzene rings is 1. The van der Waals surface area contributed by atoms with E-state index in [1.165, 1.54) is 11.1 Å². The van der Waals surface area contributed by atoms with Crippen LogP contribution in [0.4, 0.5) is 4.79 Å². The molecule has 4 nitrogen and oxygen atoms in total. The zero-order valence-corrected chi connectivity index (χ0v) is 8.92. The van der Waals surface area contributed by atoms with Gasteiger partial charge in [0.2, 0.25) is 0 Å². The van der Waals surface area contributed by atoms with Gasteiger partial charge >= 0.3 is 6.03 Å². The molecule has 0 radical (unpaired) electrons. The first kappa shape index (κ1) is 11.5. The molecule has 0 aliphatic heterocycles. The van der Waals surface area contributed by atoms with Crippen LogP contribution in [0.3, 0.4) is 0 Å². The molecule has 82 valence electrons. The van der Waals surface area contributed by atoms with E-state index in [9.17, 15) is 4.79 Å². The molecule has 0 aliphatic rings. The van der Waals surface area contributed by atoms with Gasteiger partial charge in [-0.2, -0.15) is 0 Å². The van der Waals surface area contributed by atoms with Crippen LogP contribution in [0.1, 0.15) is 11.1 Å². The third-order valence-corrected chi connectivity index (χ3v) is 2.05. The van der Waals surface area contributed by atoms with Crippen molar-refractivity contribution in [3.8, 4) is 0 Å². The summed E-state index contributed by atoms with van der Waals surface area (Å²) in [5.41, 5.74) is 7.42. The summed E-state index contributed by atoms with van der Waals surface area (Å²) in [5.74, 6) is 0. The first-order valence-corrected chi connectivity index (χ1v) is 4.98. The number of amides is 2. The summed E-state index contributed by atoms with van der Waals surface area (Å²) in [6.45, 7) is 4.15. The average Bonchev–Trinajstić information content (AvgIpc) is 2.20. The van der Waals surface area contributed by atoms with Crippen molar-refractivity contribution < 1.29 is 4.79 Å². The number of carbonyl (C=O) groups is 1. The molecule has 0 aromatic heterocycles. The Bertz CT molecular complexity index is 308. The van der Waals surface area contributed by atoms with E-state index >= 15 is 0 Å². The van der Waals surface area contributed by atoms with Gasteiger partial charge in [0.25, 0.3) is 0 Å². The number of urea groups is 1. The summed E-state index contributed by atoms with van der Waals surface area (Å²) in [6.07, 6.45) is 0. The second-order valence-electron chi connectivity index (χ2n) is 3.45. The summed E-state index contributed by atoms with van der Waals surface area (Å²) < 4.78 is 0. The molecule has 0 unspecified atom stereocenters. The maximum Gasteiger partial charge on any atom is 0.312 e. The molecule has 0 saturated heterocycles. The van der Waals surface area contributed by atoms with Crippen molar-refractivity contribution in [3.05, 3.63) is 35.4 Å². The van der Waals surface area contributed by atoms with E-state index in [4.69, 9.17) is 5.73 Å².